The number of thiazole rings is 1. The van der Waals surface area contributed by atoms with Crippen molar-refractivity contribution in [2.24, 2.45) is 0 Å². The number of rotatable bonds is 5. The molecular formula is C13H14N2O2S2. The lowest BCUT2D eigenvalue weighted by Gasteiger charge is -2.11. The molecule has 0 atom stereocenters. The van der Waals surface area contributed by atoms with Crippen LogP contribution < -0.4 is 5.32 Å². The minimum Gasteiger partial charge on any atom is -0.478 e. The predicted molar refractivity (Wildman–Crippen MR) is 79.4 cm³/mol. The molecule has 100 valence electrons. The van der Waals surface area contributed by atoms with Crippen LogP contribution in [-0.2, 0) is 6.54 Å². The highest BCUT2D eigenvalue weighted by Crippen LogP contribution is 2.27. The Bertz CT molecular complexity index is 596. The Hall–Kier alpha value is -1.53. The summed E-state index contributed by atoms with van der Waals surface area (Å²) in [6.07, 6.45) is 1.87. The minimum atomic E-state index is -0.915. The number of aromatic carboxylic acids is 1. The Kier molecular flexibility index (Phi) is 4.44. The minimum absolute atomic E-state index is 0.321. The van der Waals surface area contributed by atoms with Crippen LogP contribution in [0.3, 0.4) is 0 Å². The second-order valence-electron chi connectivity index (χ2n) is 3.90. The van der Waals surface area contributed by atoms with Gasteiger partial charge in [0.05, 0.1) is 28.5 Å². The van der Waals surface area contributed by atoms with E-state index in [1.807, 2.05) is 30.7 Å². The number of aryl methyl sites for hydroxylation is 1. The molecule has 4 nitrogen and oxygen atoms in total. The molecule has 6 heteroatoms. The van der Waals surface area contributed by atoms with Gasteiger partial charge in [0.2, 0.25) is 0 Å². The first-order valence-electron chi connectivity index (χ1n) is 5.67. The molecule has 0 aliphatic heterocycles. The molecule has 0 bridgehead atoms. The van der Waals surface area contributed by atoms with E-state index in [-0.39, 0.29) is 0 Å². The van der Waals surface area contributed by atoms with Crippen LogP contribution >= 0.6 is 23.1 Å². The number of nitrogens with one attached hydrogen (secondary N) is 1. The maximum absolute atomic E-state index is 11.4. The van der Waals surface area contributed by atoms with Crippen LogP contribution in [0.15, 0.2) is 28.5 Å². The Labute approximate surface area is 119 Å². The molecule has 2 rings (SSSR count). The molecule has 0 aliphatic rings. The van der Waals surface area contributed by atoms with E-state index in [0.717, 1.165) is 15.6 Å². The lowest BCUT2D eigenvalue weighted by molar-refractivity contribution is 0.0694. The zero-order valence-corrected chi connectivity index (χ0v) is 12.3. The molecule has 1 aromatic heterocycles. The van der Waals surface area contributed by atoms with Gasteiger partial charge in [0, 0.05) is 10.3 Å². The fourth-order valence-corrected chi connectivity index (χ4v) is 2.97. The maximum atomic E-state index is 11.4. The average molecular weight is 294 g/mol. The number of carbonyl (C=O) groups is 1. The first kappa shape index (κ1) is 13.9. The molecule has 0 saturated heterocycles. The van der Waals surface area contributed by atoms with Gasteiger partial charge < -0.3 is 10.4 Å². The van der Waals surface area contributed by atoms with Crippen LogP contribution in [0.4, 0.5) is 5.69 Å². The summed E-state index contributed by atoms with van der Waals surface area (Å²) in [6, 6.07) is 5.45. The first-order chi connectivity index (χ1) is 9.11. The quantitative estimate of drug-likeness (QED) is 0.827. The topological polar surface area (TPSA) is 62.2 Å². The van der Waals surface area contributed by atoms with Crippen LogP contribution in [0.25, 0.3) is 0 Å². The van der Waals surface area contributed by atoms with Gasteiger partial charge in [-0.05, 0) is 25.3 Å². The van der Waals surface area contributed by atoms with Crippen LogP contribution in [0.1, 0.15) is 21.1 Å². The average Bonchev–Trinajstić information content (AvgIpc) is 2.81. The van der Waals surface area contributed by atoms with Crippen molar-refractivity contribution in [1.82, 2.24) is 4.98 Å². The third-order valence-corrected chi connectivity index (χ3v) is 4.19. The van der Waals surface area contributed by atoms with Crippen LogP contribution in [0, 0.1) is 6.92 Å². The smallest absolute Gasteiger partial charge is 0.338 e. The Morgan fingerprint density at radius 3 is 2.89 bits per heavy atom. The number of thioether (sulfide) groups is 1. The summed E-state index contributed by atoms with van der Waals surface area (Å²) in [5.74, 6) is -0.915. The summed E-state index contributed by atoms with van der Waals surface area (Å²) in [5.41, 5.74) is 1.88. The van der Waals surface area contributed by atoms with Gasteiger partial charge in [0.15, 0.2) is 0 Å². The van der Waals surface area contributed by atoms with Gasteiger partial charge in [0.25, 0.3) is 0 Å². The highest BCUT2D eigenvalue weighted by atomic mass is 32.2. The highest BCUT2D eigenvalue weighted by Gasteiger charge is 2.14. The molecule has 0 spiro atoms. The number of anilines is 1. The molecule has 1 aromatic carbocycles. The van der Waals surface area contributed by atoms with Gasteiger partial charge in [-0.3, -0.25) is 0 Å². The summed E-state index contributed by atoms with van der Waals surface area (Å²) >= 11 is 3.02. The predicted octanol–water partition coefficient (Wildman–Crippen LogP) is 3.48. The standard InChI is InChI=1S/C13H14N2O2S2/c1-8-15-9(7-19-8)6-14-10-4-3-5-11(18-2)12(10)13(16)17/h3-5,7,14H,6H2,1-2H3,(H,16,17). The number of carboxylic acid groups (broad SMARTS) is 1. The van der Waals surface area contributed by atoms with Crippen molar-refractivity contribution in [3.8, 4) is 0 Å². The lowest BCUT2D eigenvalue weighted by Crippen LogP contribution is -2.08. The van der Waals surface area contributed by atoms with Gasteiger partial charge in [-0.1, -0.05) is 6.07 Å². The third kappa shape index (κ3) is 3.27. The Balaban J connectivity index is 2.22. The SMILES string of the molecule is CSc1cccc(NCc2csc(C)n2)c1C(=O)O. The monoisotopic (exact) mass is 294 g/mol. The zero-order chi connectivity index (χ0) is 13.8. The molecule has 2 N–H and O–H groups in total. The van der Waals surface area contributed by atoms with E-state index in [1.54, 1.807) is 17.4 Å². The van der Waals surface area contributed by atoms with Crippen molar-refractivity contribution in [2.45, 2.75) is 18.4 Å². The van der Waals surface area contributed by atoms with E-state index in [0.29, 0.717) is 17.8 Å². The zero-order valence-electron chi connectivity index (χ0n) is 10.6. The summed E-state index contributed by atoms with van der Waals surface area (Å²) in [4.78, 5) is 16.5. The number of nitrogens with zero attached hydrogens (tertiary/aromatic N) is 1. The van der Waals surface area contributed by atoms with E-state index in [1.165, 1.54) is 11.8 Å². The fraction of sp³-hybridized carbons (Fsp3) is 0.231. The van der Waals surface area contributed by atoms with Crippen LogP contribution in [0.5, 0.6) is 0 Å². The van der Waals surface area contributed by atoms with Crippen LogP contribution in [-0.4, -0.2) is 22.3 Å². The van der Waals surface area contributed by atoms with Crippen molar-refractivity contribution in [2.75, 3.05) is 11.6 Å². The molecule has 0 amide bonds. The van der Waals surface area contributed by atoms with E-state index < -0.39 is 5.97 Å². The molecule has 2 aromatic rings. The van der Waals surface area contributed by atoms with E-state index in [2.05, 4.69) is 10.3 Å². The largest absolute Gasteiger partial charge is 0.478 e. The first-order valence-corrected chi connectivity index (χ1v) is 7.77. The van der Waals surface area contributed by atoms with Crippen molar-refractivity contribution < 1.29 is 9.90 Å². The number of aromatic nitrogens is 1. The van der Waals surface area contributed by atoms with Crippen LogP contribution in [0.2, 0.25) is 0 Å². The summed E-state index contributed by atoms with van der Waals surface area (Å²) in [7, 11) is 0. The molecule has 0 unspecified atom stereocenters. The third-order valence-electron chi connectivity index (χ3n) is 2.59. The second kappa shape index (κ2) is 6.08. The van der Waals surface area contributed by atoms with E-state index >= 15 is 0 Å². The Morgan fingerprint density at radius 2 is 2.32 bits per heavy atom. The summed E-state index contributed by atoms with van der Waals surface area (Å²) < 4.78 is 0. The molecule has 0 radical (unpaired) electrons. The van der Waals surface area contributed by atoms with Gasteiger partial charge in [-0.15, -0.1) is 23.1 Å². The van der Waals surface area contributed by atoms with E-state index in [9.17, 15) is 9.90 Å². The molecule has 0 saturated carbocycles. The molecule has 1 heterocycles. The molecule has 0 aliphatic carbocycles. The van der Waals surface area contributed by atoms with Crippen molar-refractivity contribution in [3.05, 3.63) is 39.8 Å². The normalized spacial score (nSPS) is 10.4. The second-order valence-corrected chi connectivity index (χ2v) is 5.81. The number of hydrogen-bond acceptors (Lipinski definition) is 5. The highest BCUT2D eigenvalue weighted by molar-refractivity contribution is 7.98. The number of benzene rings is 1. The lowest BCUT2D eigenvalue weighted by atomic mass is 10.1. The summed E-state index contributed by atoms with van der Waals surface area (Å²) in [6.45, 7) is 2.48. The molecular weight excluding hydrogens is 280 g/mol. The number of hydrogen-bond donors (Lipinski definition) is 2. The van der Waals surface area contributed by atoms with Crippen molar-refractivity contribution in [1.29, 1.82) is 0 Å². The van der Waals surface area contributed by atoms with Crippen molar-refractivity contribution in [3.63, 3.8) is 0 Å². The van der Waals surface area contributed by atoms with Gasteiger partial charge in [-0.25, -0.2) is 9.78 Å². The maximum Gasteiger partial charge on any atom is 0.338 e. The van der Waals surface area contributed by atoms with E-state index in [4.69, 9.17) is 0 Å². The van der Waals surface area contributed by atoms with Gasteiger partial charge in [0.1, 0.15) is 0 Å². The summed E-state index contributed by atoms with van der Waals surface area (Å²) in [5, 5.41) is 15.4. The number of carboxylic acids is 1. The van der Waals surface area contributed by atoms with Gasteiger partial charge >= 0.3 is 5.97 Å². The van der Waals surface area contributed by atoms with Crippen molar-refractivity contribution >= 4 is 34.8 Å². The molecule has 19 heavy (non-hydrogen) atoms. The Morgan fingerprint density at radius 1 is 1.53 bits per heavy atom. The molecule has 0 fully saturated rings. The van der Waals surface area contributed by atoms with Gasteiger partial charge in [-0.2, -0.15) is 0 Å². The fourth-order valence-electron chi connectivity index (χ4n) is 1.74.